The van der Waals surface area contributed by atoms with E-state index < -0.39 is 15.9 Å². The highest BCUT2D eigenvalue weighted by atomic mass is 35.5. The number of hydrogen-bond acceptors (Lipinski definition) is 6. The van der Waals surface area contributed by atoms with Crippen molar-refractivity contribution in [3.63, 3.8) is 0 Å². The third-order valence-corrected chi connectivity index (χ3v) is 8.11. The van der Waals surface area contributed by atoms with Gasteiger partial charge in [0.05, 0.1) is 37.6 Å². The minimum absolute atomic E-state index is 0.0751. The van der Waals surface area contributed by atoms with Gasteiger partial charge >= 0.3 is 0 Å². The topological polar surface area (TPSA) is 101 Å². The Balaban J connectivity index is 1.56. The SMILES string of the molecule is CC(CNC(=O)c1cc(Cl)ccc1NS(=O)(=O)c1nccc2sncc12)c1ccc(Cl)c(Cl)c1. The van der Waals surface area contributed by atoms with Crippen LogP contribution in [-0.2, 0) is 10.0 Å². The predicted molar refractivity (Wildman–Crippen MR) is 137 cm³/mol. The molecular formula is C22H17Cl3N4O3S2. The molecule has 1 unspecified atom stereocenters. The number of aromatic nitrogens is 2. The molecule has 0 radical (unpaired) electrons. The van der Waals surface area contributed by atoms with Gasteiger partial charge in [0.15, 0.2) is 5.03 Å². The summed E-state index contributed by atoms with van der Waals surface area (Å²) in [6.45, 7) is 2.19. The molecule has 0 aliphatic heterocycles. The third-order valence-electron chi connectivity index (χ3n) is 5.05. The first-order valence-corrected chi connectivity index (χ1v) is 13.3. The molecule has 12 heteroatoms. The maximum Gasteiger partial charge on any atom is 0.280 e. The summed E-state index contributed by atoms with van der Waals surface area (Å²) in [5.74, 6) is -0.568. The summed E-state index contributed by atoms with van der Waals surface area (Å²) in [5.41, 5.74) is 1.05. The summed E-state index contributed by atoms with van der Waals surface area (Å²) in [6, 6.07) is 11.3. The molecule has 1 amide bonds. The van der Waals surface area contributed by atoms with Crippen molar-refractivity contribution in [2.24, 2.45) is 0 Å². The lowest BCUT2D eigenvalue weighted by atomic mass is 10.0. The third kappa shape index (κ3) is 5.29. The fourth-order valence-corrected chi connectivity index (χ4v) is 5.65. The Morgan fingerprint density at radius 3 is 2.65 bits per heavy atom. The molecule has 1 atom stereocenters. The number of benzene rings is 2. The number of sulfonamides is 1. The minimum Gasteiger partial charge on any atom is -0.351 e. The fourth-order valence-electron chi connectivity index (χ4n) is 3.25. The number of hydrogen-bond donors (Lipinski definition) is 2. The van der Waals surface area contributed by atoms with E-state index in [-0.39, 0.29) is 33.8 Å². The van der Waals surface area contributed by atoms with Gasteiger partial charge in [-0.2, -0.15) is 12.8 Å². The molecule has 0 aliphatic carbocycles. The van der Waals surface area contributed by atoms with Crippen LogP contribution in [0.25, 0.3) is 10.1 Å². The zero-order valence-electron chi connectivity index (χ0n) is 17.6. The van der Waals surface area contributed by atoms with E-state index in [1.807, 2.05) is 13.0 Å². The molecule has 34 heavy (non-hydrogen) atoms. The number of carbonyl (C=O) groups is 1. The van der Waals surface area contributed by atoms with Crippen LogP contribution < -0.4 is 10.0 Å². The lowest BCUT2D eigenvalue weighted by molar-refractivity contribution is 0.0952. The molecule has 7 nitrogen and oxygen atoms in total. The van der Waals surface area contributed by atoms with Crippen molar-refractivity contribution in [1.82, 2.24) is 14.7 Å². The second kappa shape index (κ2) is 10.1. The van der Waals surface area contributed by atoms with E-state index in [0.29, 0.717) is 20.1 Å². The second-order valence-electron chi connectivity index (χ2n) is 7.43. The number of rotatable bonds is 7. The van der Waals surface area contributed by atoms with Crippen LogP contribution in [0.2, 0.25) is 15.1 Å². The maximum atomic E-state index is 13.1. The molecule has 0 bridgehead atoms. The first-order chi connectivity index (χ1) is 16.2. The normalized spacial score (nSPS) is 12.5. The Bertz CT molecular complexity index is 1490. The van der Waals surface area contributed by atoms with Gasteiger partial charge in [0.25, 0.3) is 15.9 Å². The quantitative estimate of drug-likeness (QED) is 0.292. The molecule has 4 rings (SSSR count). The monoisotopic (exact) mass is 554 g/mol. The molecule has 2 heterocycles. The van der Waals surface area contributed by atoms with Crippen molar-refractivity contribution in [1.29, 1.82) is 0 Å². The van der Waals surface area contributed by atoms with E-state index in [1.54, 1.807) is 18.2 Å². The molecule has 0 saturated carbocycles. The Hall–Kier alpha value is -2.43. The van der Waals surface area contributed by atoms with E-state index >= 15 is 0 Å². The van der Waals surface area contributed by atoms with Gasteiger partial charge in [-0.25, -0.2) is 4.98 Å². The molecule has 2 N–H and O–H groups in total. The van der Waals surface area contributed by atoms with Gasteiger partial charge in [0, 0.05) is 17.8 Å². The Labute approximate surface area is 215 Å². The highest BCUT2D eigenvalue weighted by Gasteiger charge is 2.23. The lowest BCUT2D eigenvalue weighted by Crippen LogP contribution is -2.29. The van der Waals surface area contributed by atoms with Gasteiger partial charge in [-0.05, 0) is 59.4 Å². The van der Waals surface area contributed by atoms with E-state index in [1.165, 1.54) is 30.6 Å². The number of halogens is 3. The predicted octanol–water partition coefficient (Wildman–Crippen LogP) is 5.99. The minimum atomic E-state index is -4.11. The van der Waals surface area contributed by atoms with Crippen LogP contribution in [0, 0.1) is 0 Å². The van der Waals surface area contributed by atoms with Crippen LogP contribution in [0.1, 0.15) is 28.8 Å². The van der Waals surface area contributed by atoms with E-state index in [2.05, 4.69) is 19.4 Å². The van der Waals surface area contributed by atoms with Crippen molar-refractivity contribution in [2.75, 3.05) is 11.3 Å². The fraction of sp³-hybridized carbons (Fsp3) is 0.136. The summed E-state index contributed by atoms with van der Waals surface area (Å²) in [4.78, 5) is 17.0. The van der Waals surface area contributed by atoms with Crippen molar-refractivity contribution in [3.8, 4) is 0 Å². The average Bonchev–Trinajstić information content (AvgIpc) is 3.29. The summed E-state index contributed by atoms with van der Waals surface area (Å²) in [6.07, 6.45) is 2.84. The largest absolute Gasteiger partial charge is 0.351 e. The number of pyridine rings is 1. The van der Waals surface area contributed by atoms with E-state index in [9.17, 15) is 13.2 Å². The summed E-state index contributed by atoms with van der Waals surface area (Å²) >= 11 is 19.3. The number of nitrogens with one attached hydrogen (secondary N) is 2. The Morgan fingerprint density at radius 2 is 1.88 bits per heavy atom. The first kappa shape index (κ1) is 24.7. The summed E-state index contributed by atoms with van der Waals surface area (Å²) in [5, 5.41) is 4.20. The molecule has 0 fully saturated rings. The van der Waals surface area contributed by atoms with Crippen LogP contribution in [0.3, 0.4) is 0 Å². The van der Waals surface area contributed by atoms with Crippen molar-refractivity contribution in [2.45, 2.75) is 17.9 Å². The summed E-state index contributed by atoms with van der Waals surface area (Å²) in [7, 11) is -4.11. The van der Waals surface area contributed by atoms with Gasteiger partial charge in [0.2, 0.25) is 0 Å². The smallest absolute Gasteiger partial charge is 0.280 e. The number of anilines is 1. The number of nitrogens with zero attached hydrogens (tertiary/aromatic N) is 2. The van der Waals surface area contributed by atoms with E-state index in [0.717, 1.165) is 17.1 Å². The van der Waals surface area contributed by atoms with Gasteiger partial charge in [-0.1, -0.05) is 47.8 Å². The number of amides is 1. The van der Waals surface area contributed by atoms with Crippen molar-refractivity contribution < 1.29 is 13.2 Å². The van der Waals surface area contributed by atoms with Crippen molar-refractivity contribution >= 4 is 78.0 Å². The standard InChI is InChI=1S/C22H17Cl3N4O3S2/c1-12(13-2-4-17(24)18(25)8-13)10-27-21(30)15-9-14(23)3-5-19(15)29-34(31,32)22-16-11-28-33-20(16)6-7-26-22/h2-9,11-12,29H,10H2,1H3,(H,27,30). The molecular weight excluding hydrogens is 539 g/mol. The molecule has 0 spiro atoms. The molecule has 0 saturated heterocycles. The maximum absolute atomic E-state index is 13.1. The van der Waals surface area contributed by atoms with Crippen molar-refractivity contribution in [3.05, 3.63) is 81.1 Å². The van der Waals surface area contributed by atoms with Gasteiger partial charge < -0.3 is 5.32 Å². The molecule has 2 aromatic carbocycles. The van der Waals surface area contributed by atoms with Crippen LogP contribution in [0.4, 0.5) is 5.69 Å². The number of carbonyl (C=O) groups excluding carboxylic acids is 1. The number of fused-ring (bicyclic) bond motifs is 1. The molecule has 2 aromatic heterocycles. The van der Waals surface area contributed by atoms with Crippen LogP contribution >= 0.6 is 46.3 Å². The Kier molecular flexibility index (Phi) is 7.30. The molecule has 0 aliphatic rings. The zero-order chi connectivity index (χ0) is 24.5. The lowest BCUT2D eigenvalue weighted by Gasteiger charge is -2.16. The van der Waals surface area contributed by atoms with Gasteiger partial charge in [-0.15, -0.1) is 0 Å². The van der Waals surface area contributed by atoms with E-state index in [4.69, 9.17) is 34.8 Å². The van der Waals surface area contributed by atoms with Crippen LogP contribution in [0.5, 0.6) is 0 Å². The average molecular weight is 556 g/mol. The second-order valence-corrected chi connectivity index (χ2v) is 11.1. The highest BCUT2D eigenvalue weighted by molar-refractivity contribution is 7.92. The van der Waals surface area contributed by atoms with Crippen LogP contribution in [0.15, 0.2) is 59.9 Å². The molecule has 4 aromatic rings. The first-order valence-electron chi connectivity index (χ1n) is 9.90. The molecule has 176 valence electrons. The van der Waals surface area contributed by atoms with Gasteiger partial charge in [-0.3, -0.25) is 9.52 Å². The van der Waals surface area contributed by atoms with Gasteiger partial charge in [0.1, 0.15) is 0 Å². The van der Waals surface area contributed by atoms with Crippen LogP contribution in [-0.4, -0.2) is 30.2 Å². The summed E-state index contributed by atoms with van der Waals surface area (Å²) < 4.78 is 33.4. The highest BCUT2D eigenvalue weighted by Crippen LogP contribution is 2.29. The zero-order valence-corrected chi connectivity index (χ0v) is 21.5. The Morgan fingerprint density at radius 1 is 1.09 bits per heavy atom.